The van der Waals surface area contributed by atoms with Crippen LogP contribution in [0.5, 0.6) is 0 Å². The zero-order valence-corrected chi connectivity index (χ0v) is 9.44. The highest BCUT2D eigenvalue weighted by Gasteiger charge is 2.22. The second-order valence-electron chi connectivity index (χ2n) is 4.25. The first kappa shape index (κ1) is 11.1. The van der Waals surface area contributed by atoms with Crippen LogP contribution >= 0.6 is 0 Å². The van der Waals surface area contributed by atoms with Gasteiger partial charge in [-0.15, -0.1) is 0 Å². The molecule has 88 valence electrons. The van der Waals surface area contributed by atoms with Crippen molar-refractivity contribution in [1.29, 1.82) is 0 Å². The van der Waals surface area contributed by atoms with Gasteiger partial charge >= 0.3 is 5.97 Å². The number of carbonyl (C=O) groups is 1. The summed E-state index contributed by atoms with van der Waals surface area (Å²) in [6, 6.07) is 1.66. The number of H-pyrrole nitrogens is 1. The molecular formula is C11H17N3O2. The molecule has 0 aliphatic carbocycles. The Hall–Kier alpha value is -1.36. The van der Waals surface area contributed by atoms with Crippen molar-refractivity contribution in [3.05, 3.63) is 17.5 Å². The maximum Gasteiger partial charge on any atom is 0.356 e. The van der Waals surface area contributed by atoms with Gasteiger partial charge in [0.05, 0.1) is 0 Å². The normalized spacial score (nSPS) is 22.2. The molecule has 0 spiro atoms. The first-order chi connectivity index (χ1) is 7.70. The van der Waals surface area contributed by atoms with Crippen molar-refractivity contribution in [2.75, 3.05) is 19.6 Å². The third-order valence-electron chi connectivity index (χ3n) is 3.21. The highest BCUT2D eigenvalue weighted by atomic mass is 16.4. The lowest BCUT2D eigenvalue weighted by molar-refractivity contribution is 0.0690. The lowest BCUT2D eigenvalue weighted by Crippen LogP contribution is -2.34. The third kappa shape index (κ3) is 2.24. The number of likely N-dealkylation sites (N-methyl/N-ethyl adjacent to an activating group) is 1. The Labute approximate surface area is 94.5 Å². The number of carboxylic acid groups (broad SMARTS) is 1. The van der Waals surface area contributed by atoms with E-state index in [9.17, 15) is 4.79 Å². The Morgan fingerprint density at radius 3 is 3.19 bits per heavy atom. The van der Waals surface area contributed by atoms with Crippen molar-refractivity contribution in [1.82, 2.24) is 15.1 Å². The van der Waals surface area contributed by atoms with E-state index >= 15 is 0 Å². The molecule has 1 unspecified atom stereocenters. The molecule has 1 aliphatic heterocycles. The molecule has 2 rings (SSSR count). The van der Waals surface area contributed by atoms with Gasteiger partial charge in [0, 0.05) is 18.2 Å². The van der Waals surface area contributed by atoms with E-state index in [4.69, 9.17) is 5.11 Å². The summed E-state index contributed by atoms with van der Waals surface area (Å²) in [4.78, 5) is 13.1. The number of hydrogen-bond acceptors (Lipinski definition) is 3. The molecule has 16 heavy (non-hydrogen) atoms. The molecule has 0 aromatic carbocycles. The predicted molar refractivity (Wildman–Crippen MR) is 59.6 cm³/mol. The highest BCUT2D eigenvalue weighted by Crippen LogP contribution is 2.25. The number of nitrogens with zero attached hydrogens (tertiary/aromatic N) is 2. The summed E-state index contributed by atoms with van der Waals surface area (Å²) in [5.74, 6) is -0.569. The number of hydrogen-bond donors (Lipinski definition) is 2. The Balaban J connectivity index is 2.08. The van der Waals surface area contributed by atoms with Gasteiger partial charge in [0.25, 0.3) is 0 Å². The largest absolute Gasteiger partial charge is 0.476 e. The second-order valence-corrected chi connectivity index (χ2v) is 4.25. The van der Waals surface area contributed by atoms with Gasteiger partial charge in [0.1, 0.15) is 0 Å². The van der Waals surface area contributed by atoms with Crippen molar-refractivity contribution < 1.29 is 9.90 Å². The van der Waals surface area contributed by atoms with Gasteiger partial charge in [-0.25, -0.2) is 4.79 Å². The molecule has 2 heterocycles. The topological polar surface area (TPSA) is 69.2 Å². The molecule has 2 N–H and O–H groups in total. The molecular weight excluding hydrogens is 206 g/mol. The first-order valence-corrected chi connectivity index (χ1v) is 5.71. The van der Waals surface area contributed by atoms with Crippen molar-refractivity contribution in [3.8, 4) is 0 Å². The van der Waals surface area contributed by atoms with E-state index in [1.165, 1.54) is 6.42 Å². The summed E-state index contributed by atoms with van der Waals surface area (Å²) in [5.41, 5.74) is 1.07. The van der Waals surface area contributed by atoms with Gasteiger partial charge in [-0.1, -0.05) is 6.92 Å². The molecule has 0 amide bonds. The Morgan fingerprint density at radius 2 is 2.56 bits per heavy atom. The van der Waals surface area contributed by atoms with Gasteiger partial charge in [0.15, 0.2) is 5.69 Å². The van der Waals surface area contributed by atoms with Crippen LogP contribution in [0.25, 0.3) is 0 Å². The average Bonchev–Trinajstić information content (AvgIpc) is 2.78. The van der Waals surface area contributed by atoms with Crippen molar-refractivity contribution in [2.45, 2.75) is 25.7 Å². The van der Waals surface area contributed by atoms with Crippen molar-refractivity contribution in [3.63, 3.8) is 0 Å². The fourth-order valence-electron chi connectivity index (χ4n) is 2.25. The Kier molecular flexibility index (Phi) is 3.24. The van der Waals surface area contributed by atoms with Gasteiger partial charge in [-0.05, 0) is 32.0 Å². The molecule has 1 aromatic rings. The highest BCUT2D eigenvalue weighted by molar-refractivity contribution is 5.85. The van der Waals surface area contributed by atoms with E-state index in [2.05, 4.69) is 22.0 Å². The van der Waals surface area contributed by atoms with E-state index in [1.54, 1.807) is 6.07 Å². The number of aromatic carboxylic acids is 1. The monoisotopic (exact) mass is 223 g/mol. The minimum atomic E-state index is -0.967. The summed E-state index contributed by atoms with van der Waals surface area (Å²) in [6.45, 7) is 5.35. The van der Waals surface area contributed by atoms with Gasteiger partial charge in [-0.2, -0.15) is 5.10 Å². The quantitative estimate of drug-likeness (QED) is 0.810. The number of likely N-dealkylation sites (tertiary alicyclic amines) is 1. The lowest BCUT2D eigenvalue weighted by Gasteiger charge is -2.31. The SMILES string of the molecule is CCN1CCCC(c2cc(C(=O)O)n[nH]2)C1. The van der Waals surface area contributed by atoms with Crippen LogP contribution in [0.1, 0.15) is 41.9 Å². The zero-order valence-electron chi connectivity index (χ0n) is 9.44. The predicted octanol–water partition coefficient (Wildman–Crippen LogP) is 1.31. The summed E-state index contributed by atoms with van der Waals surface area (Å²) < 4.78 is 0. The third-order valence-corrected chi connectivity index (χ3v) is 3.21. The fourth-order valence-corrected chi connectivity index (χ4v) is 2.25. The molecule has 0 saturated carbocycles. The summed E-state index contributed by atoms with van der Waals surface area (Å²) in [6.07, 6.45) is 2.28. The summed E-state index contributed by atoms with van der Waals surface area (Å²) in [7, 11) is 0. The molecule has 1 atom stereocenters. The summed E-state index contributed by atoms with van der Waals surface area (Å²) in [5, 5.41) is 15.4. The number of piperidine rings is 1. The van der Waals surface area contributed by atoms with E-state index in [0.29, 0.717) is 5.92 Å². The van der Waals surface area contributed by atoms with Crippen LogP contribution in [-0.2, 0) is 0 Å². The minimum Gasteiger partial charge on any atom is -0.476 e. The molecule has 1 fully saturated rings. The molecule has 1 saturated heterocycles. The van der Waals surface area contributed by atoms with E-state index in [1.807, 2.05) is 0 Å². The Bertz CT molecular complexity index is 375. The van der Waals surface area contributed by atoms with Gasteiger partial charge in [-0.3, -0.25) is 5.10 Å². The van der Waals surface area contributed by atoms with E-state index in [0.717, 1.165) is 31.7 Å². The molecule has 1 aliphatic rings. The first-order valence-electron chi connectivity index (χ1n) is 5.71. The van der Waals surface area contributed by atoms with Crippen LogP contribution in [0.3, 0.4) is 0 Å². The van der Waals surface area contributed by atoms with Crippen LogP contribution in [0.2, 0.25) is 0 Å². The minimum absolute atomic E-state index is 0.114. The van der Waals surface area contributed by atoms with E-state index < -0.39 is 5.97 Å². The van der Waals surface area contributed by atoms with Crippen molar-refractivity contribution >= 4 is 5.97 Å². The fraction of sp³-hybridized carbons (Fsp3) is 0.636. The van der Waals surface area contributed by atoms with Crippen molar-refractivity contribution in [2.24, 2.45) is 0 Å². The second kappa shape index (κ2) is 4.65. The molecule has 0 bridgehead atoms. The van der Waals surface area contributed by atoms with Gasteiger partial charge in [0.2, 0.25) is 0 Å². The van der Waals surface area contributed by atoms with Gasteiger partial charge < -0.3 is 10.0 Å². The number of aromatic amines is 1. The zero-order chi connectivity index (χ0) is 11.5. The maximum atomic E-state index is 10.7. The lowest BCUT2D eigenvalue weighted by atomic mass is 9.95. The van der Waals surface area contributed by atoms with Crippen LogP contribution < -0.4 is 0 Å². The van der Waals surface area contributed by atoms with Crippen LogP contribution in [0.4, 0.5) is 0 Å². The maximum absolute atomic E-state index is 10.7. The number of aromatic nitrogens is 2. The molecule has 1 aromatic heterocycles. The number of nitrogens with one attached hydrogen (secondary N) is 1. The van der Waals surface area contributed by atoms with Crippen LogP contribution in [-0.4, -0.2) is 45.8 Å². The smallest absolute Gasteiger partial charge is 0.356 e. The summed E-state index contributed by atoms with van der Waals surface area (Å²) >= 11 is 0. The number of carboxylic acids is 1. The average molecular weight is 223 g/mol. The number of rotatable bonds is 3. The standard InChI is InChI=1S/C11H17N3O2/c1-2-14-5-3-4-8(7-14)9-6-10(11(15)16)13-12-9/h6,8H,2-5,7H2,1H3,(H,12,13)(H,15,16). The molecule has 0 radical (unpaired) electrons. The van der Waals surface area contributed by atoms with Crippen LogP contribution in [0, 0.1) is 0 Å². The Morgan fingerprint density at radius 1 is 1.75 bits per heavy atom. The van der Waals surface area contributed by atoms with E-state index in [-0.39, 0.29) is 5.69 Å². The molecule has 5 nitrogen and oxygen atoms in total. The van der Waals surface area contributed by atoms with Crippen LogP contribution in [0.15, 0.2) is 6.07 Å². The molecule has 5 heteroatoms.